The van der Waals surface area contributed by atoms with Gasteiger partial charge in [-0.05, 0) is 74.0 Å². The molecule has 8 unspecified atom stereocenters. The van der Waals surface area contributed by atoms with Crippen LogP contribution in [0.3, 0.4) is 0 Å². The number of ether oxygens (including phenoxy) is 2. The molecular weight excluding hydrogens is 700 g/mol. The molecule has 2 aliphatic heterocycles. The van der Waals surface area contributed by atoms with Crippen LogP contribution in [0.25, 0.3) is 0 Å². The second kappa shape index (κ2) is 13.6. The highest BCUT2D eigenvalue weighted by Gasteiger charge is 2.65. The highest BCUT2D eigenvalue weighted by molar-refractivity contribution is 5.66. The SMILES string of the molecule is CC(=O)OC1CC2CCC3C(CC[C@@]4(C)C3CC(N3CC[N+](C)(C)CC3)C4OC(C)=O)[C@@]2(C)CC1N1CC[N+](C)(C)CC1.[Br-].[Br-]. The predicted octanol–water partition coefficient (Wildman–Crippen LogP) is -2.36. The molecule has 2 saturated heterocycles. The zero-order chi connectivity index (χ0) is 30.9. The maximum atomic E-state index is 12.5. The van der Waals surface area contributed by atoms with E-state index in [0.717, 1.165) is 80.6 Å². The van der Waals surface area contributed by atoms with Crippen LogP contribution in [0.2, 0.25) is 0 Å². The first-order valence-corrected chi connectivity index (χ1v) is 17.6. The molecule has 0 aromatic heterocycles. The predicted molar refractivity (Wildman–Crippen MR) is 168 cm³/mol. The Kier molecular flexibility index (Phi) is 11.3. The summed E-state index contributed by atoms with van der Waals surface area (Å²) in [6.07, 6.45) is 8.22. The van der Waals surface area contributed by atoms with Gasteiger partial charge in [0.2, 0.25) is 0 Å². The van der Waals surface area contributed by atoms with Crippen LogP contribution >= 0.6 is 0 Å². The molecule has 10 atom stereocenters. The minimum absolute atomic E-state index is 0. The highest BCUT2D eigenvalue weighted by Crippen LogP contribution is 2.67. The third kappa shape index (κ3) is 7.08. The molecule has 0 radical (unpaired) electrons. The van der Waals surface area contributed by atoms with Crippen LogP contribution in [0.5, 0.6) is 0 Å². The van der Waals surface area contributed by atoms with Gasteiger partial charge < -0.3 is 52.4 Å². The molecule has 0 aromatic rings. The van der Waals surface area contributed by atoms with Gasteiger partial charge in [0, 0.05) is 57.5 Å². The van der Waals surface area contributed by atoms with Crippen molar-refractivity contribution in [3.63, 3.8) is 0 Å². The number of carbonyl (C=O) groups excluding carboxylic acids is 2. The summed E-state index contributed by atoms with van der Waals surface area (Å²) in [6, 6.07) is 0.656. The van der Waals surface area contributed by atoms with E-state index in [4.69, 9.17) is 9.47 Å². The summed E-state index contributed by atoms with van der Waals surface area (Å²) < 4.78 is 14.6. The number of hydrogen-bond acceptors (Lipinski definition) is 6. The van der Waals surface area contributed by atoms with Gasteiger partial charge in [0.1, 0.15) is 12.2 Å². The van der Waals surface area contributed by atoms with Gasteiger partial charge >= 0.3 is 11.9 Å². The van der Waals surface area contributed by atoms with Crippen LogP contribution in [-0.2, 0) is 19.1 Å². The summed E-state index contributed by atoms with van der Waals surface area (Å²) in [4.78, 5) is 30.2. The molecule has 4 saturated carbocycles. The van der Waals surface area contributed by atoms with Gasteiger partial charge in [0.15, 0.2) is 0 Å². The monoisotopic (exact) mass is 760 g/mol. The maximum absolute atomic E-state index is 12.5. The molecule has 45 heavy (non-hydrogen) atoms. The summed E-state index contributed by atoms with van der Waals surface area (Å²) in [5, 5.41) is 0. The van der Waals surface area contributed by atoms with Crippen molar-refractivity contribution < 1.29 is 62.0 Å². The summed E-state index contributed by atoms with van der Waals surface area (Å²) in [5.41, 5.74) is 0.308. The van der Waals surface area contributed by atoms with Crippen molar-refractivity contribution in [2.24, 2.45) is 34.5 Å². The zero-order valence-corrected chi connectivity index (χ0v) is 32.6. The van der Waals surface area contributed by atoms with Crippen molar-refractivity contribution in [1.29, 1.82) is 0 Å². The molecular formula is C35H62Br2N4O4. The minimum Gasteiger partial charge on any atom is -1.00 e. The molecule has 10 heteroatoms. The Hall–Kier alpha value is -0.260. The summed E-state index contributed by atoms with van der Waals surface area (Å²) in [7, 11) is 9.36. The minimum atomic E-state index is -0.123. The van der Waals surface area contributed by atoms with Crippen LogP contribution in [0.15, 0.2) is 0 Å². The van der Waals surface area contributed by atoms with Gasteiger partial charge in [0.05, 0.1) is 54.4 Å². The topological polar surface area (TPSA) is 59.1 Å². The molecule has 260 valence electrons. The molecule has 0 amide bonds. The number of esters is 2. The van der Waals surface area contributed by atoms with E-state index in [-0.39, 0.29) is 68.9 Å². The van der Waals surface area contributed by atoms with Crippen molar-refractivity contribution in [3.8, 4) is 0 Å². The number of quaternary nitrogens is 2. The number of hydrogen-bond donors (Lipinski definition) is 0. The van der Waals surface area contributed by atoms with Crippen molar-refractivity contribution >= 4 is 11.9 Å². The lowest BCUT2D eigenvalue weighted by molar-refractivity contribution is -0.894. The Morgan fingerprint density at radius 3 is 1.76 bits per heavy atom. The fourth-order valence-electron chi connectivity index (χ4n) is 11.4. The van der Waals surface area contributed by atoms with E-state index in [1.165, 1.54) is 25.7 Å². The molecule has 0 aromatic carbocycles. The quantitative estimate of drug-likeness (QED) is 0.237. The van der Waals surface area contributed by atoms with Crippen LogP contribution in [0.1, 0.15) is 72.6 Å². The Morgan fingerprint density at radius 2 is 1.22 bits per heavy atom. The lowest BCUT2D eigenvalue weighted by Gasteiger charge is -2.62. The number of nitrogens with zero attached hydrogens (tertiary/aromatic N) is 4. The van der Waals surface area contributed by atoms with E-state index in [0.29, 0.717) is 35.8 Å². The first-order chi connectivity index (χ1) is 20.1. The highest BCUT2D eigenvalue weighted by atomic mass is 79.9. The van der Waals surface area contributed by atoms with Gasteiger partial charge in [0.25, 0.3) is 0 Å². The fourth-order valence-corrected chi connectivity index (χ4v) is 11.4. The normalized spacial score (nSPS) is 44.2. The van der Waals surface area contributed by atoms with E-state index < -0.39 is 0 Å². The molecule has 8 nitrogen and oxygen atoms in total. The Balaban J connectivity index is 0.00000230. The first-order valence-electron chi connectivity index (χ1n) is 17.6. The van der Waals surface area contributed by atoms with Crippen molar-refractivity contribution in [2.45, 2.75) is 96.9 Å². The maximum Gasteiger partial charge on any atom is 0.302 e. The number of rotatable bonds is 4. The standard InChI is InChI=1S/C35H62N4O4.2BrH/c1-24(40)42-32-21-26-9-10-27-28(35(26,4)23-31(32)37-15-19-39(7,8)20-16-37)11-12-34(3)29(27)22-30(33(34)43-25(2)41)36-13-17-38(5,6)18-14-36;;/h26-33H,9-23H2,1-8H3;2*1H/q+2;;/p-2/t26?,27?,28?,29?,30?,31?,32?,33?,34-,35-;;/m0../s1. The van der Waals surface area contributed by atoms with Gasteiger partial charge in [-0.1, -0.05) is 13.8 Å². The fraction of sp³-hybridized carbons (Fsp3) is 0.943. The van der Waals surface area contributed by atoms with Gasteiger partial charge in [-0.15, -0.1) is 0 Å². The smallest absolute Gasteiger partial charge is 0.302 e. The molecule has 6 fully saturated rings. The van der Waals surface area contributed by atoms with Crippen molar-refractivity contribution in [1.82, 2.24) is 9.80 Å². The number of fused-ring (bicyclic) bond motifs is 5. The lowest BCUT2D eigenvalue weighted by Crippen LogP contribution is -3.00. The van der Waals surface area contributed by atoms with Crippen LogP contribution < -0.4 is 34.0 Å². The molecule has 4 aliphatic carbocycles. The van der Waals surface area contributed by atoms with Gasteiger partial charge in [-0.2, -0.15) is 0 Å². The Bertz CT molecular complexity index is 1070. The van der Waals surface area contributed by atoms with Crippen molar-refractivity contribution in [3.05, 3.63) is 0 Å². The summed E-state index contributed by atoms with van der Waals surface area (Å²) in [5.74, 6) is 2.35. The molecule has 6 rings (SSSR count). The Labute approximate surface area is 294 Å². The van der Waals surface area contributed by atoms with Crippen LogP contribution in [0.4, 0.5) is 0 Å². The van der Waals surface area contributed by atoms with E-state index in [1.807, 2.05) is 0 Å². The van der Waals surface area contributed by atoms with Crippen LogP contribution in [0, 0.1) is 34.5 Å². The largest absolute Gasteiger partial charge is 1.00 e. The number of halogens is 2. The average molecular weight is 763 g/mol. The molecule has 0 bridgehead atoms. The second-order valence-electron chi connectivity index (χ2n) is 17.5. The third-order valence-corrected chi connectivity index (χ3v) is 14.1. The van der Waals surface area contributed by atoms with E-state index in [9.17, 15) is 9.59 Å². The molecule has 0 spiro atoms. The van der Waals surface area contributed by atoms with E-state index in [2.05, 4.69) is 51.8 Å². The lowest BCUT2D eigenvalue weighted by atomic mass is 9.44. The van der Waals surface area contributed by atoms with Gasteiger partial charge in [-0.3, -0.25) is 19.4 Å². The number of likely N-dealkylation sites (N-methyl/N-ethyl adjacent to an activating group) is 2. The molecule has 0 N–H and O–H groups in total. The number of carbonyl (C=O) groups is 2. The first kappa shape index (κ1) is 37.6. The Morgan fingerprint density at radius 1 is 0.689 bits per heavy atom. The van der Waals surface area contributed by atoms with Crippen LogP contribution in [-0.4, -0.2) is 136 Å². The second-order valence-corrected chi connectivity index (χ2v) is 17.5. The summed E-state index contributed by atoms with van der Waals surface area (Å²) in [6.45, 7) is 17.3. The zero-order valence-electron chi connectivity index (χ0n) is 29.4. The third-order valence-electron chi connectivity index (χ3n) is 14.1. The van der Waals surface area contributed by atoms with E-state index >= 15 is 0 Å². The number of piperazine rings is 2. The van der Waals surface area contributed by atoms with E-state index in [1.54, 1.807) is 13.8 Å². The molecule has 2 heterocycles. The average Bonchev–Trinajstić information content (AvgIpc) is 3.20. The molecule has 6 aliphatic rings. The van der Waals surface area contributed by atoms with Crippen molar-refractivity contribution in [2.75, 3.05) is 80.5 Å². The summed E-state index contributed by atoms with van der Waals surface area (Å²) >= 11 is 0. The van der Waals surface area contributed by atoms with Gasteiger partial charge in [-0.25, -0.2) is 0 Å².